The number of ether oxygens (including phenoxy) is 1. The Bertz CT molecular complexity index is 863. The molecule has 0 aliphatic carbocycles. The van der Waals surface area contributed by atoms with E-state index in [2.05, 4.69) is 20.7 Å². The lowest BCUT2D eigenvalue weighted by Crippen LogP contribution is -2.25. The van der Waals surface area contributed by atoms with Gasteiger partial charge in [0, 0.05) is 17.1 Å². The molecule has 0 aliphatic heterocycles. The Morgan fingerprint density at radius 2 is 2.04 bits per heavy atom. The zero-order valence-corrected chi connectivity index (χ0v) is 13.9. The van der Waals surface area contributed by atoms with Crippen LogP contribution in [0.4, 0.5) is 0 Å². The van der Waals surface area contributed by atoms with Crippen LogP contribution in [0, 0.1) is 6.92 Å². The Morgan fingerprint density at radius 1 is 1.21 bits per heavy atom. The molecule has 3 rings (SSSR count). The lowest BCUT2D eigenvalue weighted by Gasteiger charge is -2.10. The molecule has 1 heterocycles. The summed E-state index contributed by atoms with van der Waals surface area (Å²) in [6, 6.07) is 10.7. The van der Waals surface area contributed by atoms with Gasteiger partial charge in [0.15, 0.2) is 0 Å². The smallest absolute Gasteiger partial charge is 0.251 e. The molecule has 0 unspecified atom stereocenters. The average Bonchev–Trinajstić information content (AvgIpc) is 3.03. The van der Waals surface area contributed by atoms with E-state index < -0.39 is 0 Å². The Hall–Kier alpha value is -2.60. The third-order valence-electron chi connectivity index (χ3n) is 3.58. The number of H-pyrrole nitrogens is 1. The number of halogens is 1. The lowest BCUT2D eigenvalue weighted by atomic mass is 10.2. The molecule has 0 aliphatic rings. The summed E-state index contributed by atoms with van der Waals surface area (Å²) in [7, 11) is 0. The fourth-order valence-electron chi connectivity index (χ4n) is 2.31. The van der Waals surface area contributed by atoms with E-state index in [9.17, 15) is 4.79 Å². The highest BCUT2D eigenvalue weighted by molar-refractivity contribution is 6.30. The van der Waals surface area contributed by atoms with Crippen molar-refractivity contribution in [2.45, 2.75) is 13.3 Å². The second-order valence-electron chi connectivity index (χ2n) is 5.39. The van der Waals surface area contributed by atoms with Gasteiger partial charge < -0.3 is 10.1 Å². The Balaban J connectivity index is 1.45. The van der Waals surface area contributed by atoms with Gasteiger partial charge in [-0.15, -0.1) is 0 Å². The SMILES string of the molecule is Cc1cc(Cl)ccc1OCCCNC(=O)c1ccc2n[nH]nc2c1. The van der Waals surface area contributed by atoms with Crippen LogP contribution in [0.5, 0.6) is 5.75 Å². The average molecular weight is 345 g/mol. The van der Waals surface area contributed by atoms with Crippen molar-refractivity contribution in [1.82, 2.24) is 20.7 Å². The van der Waals surface area contributed by atoms with Crippen LogP contribution in [-0.4, -0.2) is 34.5 Å². The molecular formula is C17H17ClN4O2. The topological polar surface area (TPSA) is 79.9 Å². The summed E-state index contributed by atoms with van der Waals surface area (Å²) < 4.78 is 5.69. The molecule has 0 bridgehead atoms. The maximum atomic E-state index is 12.1. The number of nitrogens with zero attached hydrogens (tertiary/aromatic N) is 2. The first-order chi connectivity index (χ1) is 11.6. The van der Waals surface area contributed by atoms with Gasteiger partial charge in [0.25, 0.3) is 5.91 Å². The van der Waals surface area contributed by atoms with Gasteiger partial charge in [-0.25, -0.2) is 0 Å². The Morgan fingerprint density at radius 3 is 2.88 bits per heavy atom. The number of fused-ring (bicyclic) bond motifs is 1. The quantitative estimate of drug-likeness (QED) is 0.673. The van der Waals surface area contributed by atoms with Gasteiger partial charge in [-0.3, -0.25) is 4.79 Å². The van der Waals surface area contributed by atoms with Gasteiger partial charge in [0.1, 0.15) is 16.8 Å². The highest BCUT2D eigenvalue weighted by Crippen LogP contribution is 2.21. The predicted octanol–water partition coefficient (Wildman–Crippen LogP) is 3.12. The molecule has 1 aromatic heterocycles. The first-order valence-electron chi connectivity index (χ1n) is 7.61. The minimum atomic E-state index is -0.137. The van der Waals surface area contributed by atoms with Crippen molar-refractivity contribution >= 4 is 28.5 Å². The van der Waals surface area contributed by atoms with Gasteiger partial charge in [-0.2, -0.15) is 15.4 Å². The number of aromatic nitrogens is 3. The zero-order valence-electron chi connectivity index (χ0n) is 13.2. The zero-order chi connectivity index (χ0) is 16.9. The van der Waals surface area contributed by atoms with Gasteiger partial charge in [0.2, 0.25) is 0 Å². The molecule has 1 amide bonds. The molecule has 2 aromatic carbocycles. The van der Waals surface area contributed by atoms with Crippen molar-refractivity contribution in [3.63, 3.8) is 0 Å². The number of rotatable bonds is 6. The highest BCUT2D eigenvalue weighted by Gasteiger charge is 2.07. The van der Waals surface area contributed by atoms with E-state index >= 15 is 0 Å². The number of nitrogens with one attached hydrogen (secondary N) is 2. The minimum Gasteiger partial charge on any atom is -0.493 e. The van der Waals surface area contributed by atoms with Crippen LogP contribution in [0.1, 0.15) is 22.3 Å². The van der Waals surface area contributed by atoms with E-state index in [4.69, 9.17) is 16.3 Å². The summed E-state index contributed by atoms with van der Waals surface area (Å²) in [5.41, 5.74) is 2.96. The molecule has 0 fully saturated rings. The van der Waals surface area contributed by atoms with Crippen LogP contribution >= 0.6 is 11.6 Å². The number of carbonyl (C=O) groups is 1. The summed E-state index contributed by atoms with van der Waals surface area (Å²) in [6.45, 7) is 3.00. The van der Waals surface area contributed by atoms with Crippen LogP contribution in [0.2, 0.25) is 5.02 Å². The van der Waals surface area contributed by atoms with Crippen LogP contribution < -0.4 is 10.1 Å². The summed E-state index contributed by atoms with van der Waals surface area (Å²) in [5, 5.41) is 14.0. The van der Waals surface area contributed by atoms with Crippen molar-refractivity contribution in [3.05, 3.63) is 52.5 Å². The molecule has 7 heteroatoms. The fourth-order valence-corrected chi connectivity index (χ4v) is 2.54. The summed E-state index contributed by atoms with van der Waals surface area (Å²) in [4.78, 5) is 12.1. The summed E-state index contributed by atoms with van der Waals surface area (Å²) >= 11 is 5.91. The van der Waals surface area contributed by atoms with Gasteiger partial charge >= 0.3 is 0 Å². The molecule has 124 valence electrons. The summed E-state index contributed by atoms with van der Waals surface area (Å²) in [6.07, 6.45) is 0.708. The normalized spacial score (nSPS) is 10.8. The maximum Gasteiger partial charge on any atom is 0.251 e. The van der Waals surface area contributed by atoms with Crippen molar-refractivity contribution in [2.24, 2.45) is 0 Å². The molecule has 0 saturated heterocycles. The molecule has 2 N–H and O–H groups in total. The second-order valence-corrected chi connectivity index (χ2v) is 5.83. The Labute approximate surface area is 144 Å². The molecule has 0 saturated carbocycles. The van der Waals surface area contributed by atoms with Crippen molar-refractivity contribution in [2.75, 3.05) is 13.2 Å². The van der Waals surface area contributed by atoms with E-state index in [0.717, 1.165) is 16.8 Å². The van der Waals surface area contributed by atoms with E-state index in [0.29, 0.717) is 35.7 Å². The van der Waals surface area contributed by atoms with Crippen molar-refractivity contribution < 1.29 is 9.53 Å². The first kappa shape index (κ1) is 16.3. The van der Waals surface area contributed by atoms with Gasteiger partial charge in [0.05, 0.1) is 6.61 Å². The maximum absolute atomic E-state index is 12.1. The van der Waals surface area contributed by atoms with E-state index in [1.54, 1.807) is 24.3 Å². The van der Waals surface area contributed by atoms with Gasteiger partial charge in [-0.1, -0.05) is 11.6 Å². The molecular weight excluding hydrogens is 328 g/mol. The predicted molar refractivity (Wildman–Crippen MR) is 92.5 cm³/mol. The number of hydrogen-bond acceptors (Lipinski definition) is 4. The van der Waals surface area contributed by atoms with Crippen molar-refractivity contribution in [3.8, 4) is 5.75 Å². The van der Waals surface area contributed by atoms with Crippen LogP contribution in [0.3, 0.4) is 0 Å². The number of hydrogen-bond donors (Lipinski definition) is 2. The van der Waals surface area contributed by atoms with Crippen LogP contribution in [-0.2, 0) is 0 Å². The summed E-state index contributed by atoms with van der Waals surface area (Å²) in [5.74, 6) is 0.671. The molecule has 3 aromatic rings. The van der Waals surface area contributed by atoms with E-state index in [-0.39, 0.29) is 5.91 Å². The minimum absolute atomic E-state index is 0.137. The highest BCUT2D eigenvalue weighted by atomic mass is 35.5. The third-order valence-corrected chi connectivity index (χ3v) is 3.81. The molecule has 0 atom stereocenters. The fraction of sp³-hybridized carbons (Fsp3) is 0.235. The Kier molecular flexibility index (Phi) is 4.96. The van der Waals surface area contributed by atoms with E-state index in [1.807, 2.05) is 19.1 Å². The largest absolute Gasteiger partial charge is 0.493 e. The third kappa shape index (κ3) is 3.83. The number of aryl methyl sites for hydroxylation is 1. The van der Waals surface area contributed by atoms with Crippen LogP contribution in [0.15, 0.2) is 36.4 Å². The number of amides is 1. The molecule has 0 radical (unpaired) electrons. The standard InChI is InChI=1S/C17H17ClN4O2/c1-11-9-13(18)4-6-16(11)24-8-2-7-19-17(23)12-3-5-14-15(10-12)21-22-20-14/h3-6,9-10H,2,7-8H2,1H3,(H,19,23)(H,20,21,22). The lowest BCUT2D eigenvalue weighted by molar-refractivity contribution is 0.0951. The number of carbonyl (C=O) groups excluding carboxylic acids is 1. The molecule has 6 nitrogen and oxygen atoms in total. The monoisotopic (exact) mass is 344 g/mol. The number of benzene rings is 2. The van der Waals surface area contributed by atoms with Crippen molar-refractivity contribution in [1.29, 1.82) is 0 Å². The first-order valence-corrected chi connectivity index (χ1v) is 7.99. The van der Waals surface area contributed by atoms with Gasteiger partial charge in [-0.05, 0) is 55.3 Å². The number of aromatic amines is 1. The molecule has 24 heavy (non-hydrogen) atoms. The van der Waals surface area contributed by atoms with Crippen LogP contribution in [0.25, 0.3) is 11.0 Å². The second kappa shape index (κ2) is 7.31. The molecule has 0 spiro atoms. The van der Waals surface area contributed by atoms with E-state index in [1.165, 1.54) is 0 Å².